The molecule has 4 rings (SSSR count). The van der Waals surface area contributed by atoms with E-state index in [9.17, 15) is 4.79 Å². The Balaban J connectivity index is 1.62. The van der Waals surface area contributed by atoms with Crippen LogP contribution in [0.3, 0.4) is 0 Å². The molecule has 1 saturated carbocycles. The molecule has 1 amide bonds. The van der Waals surface area contributed by atoms with Gasteiger partial charge in [-0.3, -0.25) is 9.36 Å². The summed E-state index contributed by atoms with van der Waals surface area (Å²) < 4.78 is 7.86. The van der Waals surface area contributed by atoms with Gasteiger partial charge in [-0.25, -0.2) is 0 Å². The Labute approximate surface area is 200 Å². The number of carbonyl (C=O) groups is 1. The van der Waals surface area contributed by atoms with Crippen molar-refractivity contribution in [3.05, 3.63) is 54.1 Å². The van der Waals surface area contributed by atoms with Crippen LogP contribution in [0.5, 0.6) is 5.75 Å². The van der Waals surface area contributed by atoms with Crippen LogP contribution in [0.4, 0.5) is 5.69 Å². The van der Waals surface area contributed by atoms with Crippen LogP contribution in [0.1, 0.15) is 50.6 Å². The number of ether oxygens (including phenoxy) is 1. The van der Waals surface area contributed by atoms with Crippen molar-refractivity contribution in [2.24, 2.45) is 0 Å². The number of aromatic nitrogens is 3. The molecule has 174 valence electrons. The number of nitrogens with zero attached hydrogens (tertiary/aromatic N) is 4. The Morgan fingerprint density at radius 3 is 2.55 bits per heavy atom. The Kier molecular flexibility index (Phi) is 7.70. The molecule has 0 bridgehead atoms. The molecule has 33 heavy (non-hydrogen) atoms. The van der Waals surface area contributed by atoms with Crippen molar-refractivity contribution in [2.45, 2.75) is 57.1 Å². The standard InChI is InChI=1S/C26H32N4O2S/c1-4-29(22-16-10-8-12-19(22)2)24(31)18-33-26-28-27-25(21-15-9-11-17-23(21)32-3)30(26)20-13-6-5-7-14-20/h8-12,15-17,20H,4-7,13-14,18H2,1-3H3. The first-order chi connectivity index (χ1) is 16.1. The molecule has 1 heterocycles. The molecule has 6 nitrogen and oxygen atoms in total. The summed E-state index contributed by atoms with van der Waals surface area (Å²) in [5.74, 6) is 2.00. The molecule has 1 aliphatic carbocycles. The van der Waals surface area contributed by atoms with Crippen LogP contribution in [0, 0.1) is 6.92 Å². The molecule has 3 aromatic rings. The second-order valence-corrected chi connectivity index (χ2v) is 9.32. The van der Waals surface area contributed by atoms with Gasteiger partial charge in [0, 0.05) is 18.3 Å². The number of rotatable bonds is 8. The topological polar surface area (TPSA) is 60.3 Å². The van der Waals surface area contributed by atoms with E-state index < -0.39 is 0 Å². The zero-order valence-electron chi connectivity index (χ0n) is 19.7. The quantitative estimate of drug-likeness (QED) is 0.388. The van der Waals surface area contributed by atoms with E-state index in [1.165, 1.54) is 31.0 Å². The van der Waals surface area contributed by atoms with Crippen LogP contribution >= 0.6 is 11.8 Å². The van der Waals surface area contributed by atoms with Crippen LogP contribution in [-0.2, 0) is 4.79 Å². The molecule has 0 aliphatic heterocycles. The highest BCUT2D eigenvalue weighted by atomic mass is 32.2. The molecule has 0 radical (unpaired) electrons. The number of thioether (sulfide) groups is 1. The van der Waals surface area contributed by atoms with Gasteiger partial charge in [0.05, 0.1) is 18.4 Å². The molecule has 0 saturated heterocycles. The van der Waals surface area contributed by atoms with Crippen molar-refractivity contribution in [1.29, 1.82) is 0 Å². The van der Waals surface area contributed by atoms with Gasteiger partial charge in [0.15, 0.2) is 11.0 Å². The maximum absolute atomic E-state index is 13.2. The van der Waals surface area contributed by atoms with Gasteiger partial charge in [-0.1, -0.05) is 61.4 Å². The predicted molar refractivity (Wildman–Crippen MR) is 134 cm³/mol. The van der Waals surface area contributed by atoms with Gasteiger partial charge in [-0.2, -0.15) is 0 Å². The number of hydrogen-bond acceptors (Lipinski definition) is 5. The van der Waals surface area contributed by atoms with Gasteiger partial charge in [0.2, 0.25) is 5.91 Å². The minimum absolute atomic E-state index is 0.0776. The van der Waals surface area contributed by atoms with Gasteiger partial charge in [0.25, 0.3) is 0 Å². The molecule has 1 aromatic heterocycles. The zero-order chi connectivity index (χ0) is 23.2. The maximum atomic E-state index is 13.2. The lowest BCUT2D eigenvalue weighted by molar-refractivity contribution is -0.116. The lowest BCUT2D eigenvalue weighted by Crippen LogP contribution is -2.32. The third-order valence-corrected chi connectivity index (χ3v) is 7.23. The molecule has 2 aromatic carbocycles. The van der Waals surface area contributed by atoms with E-state index in [1.807, 2.05) is 67.3 Å². The fraction of sp³-hybridized carbons (Fsp3) is 0.423. The lowest BCUT2D eigenvalue weighted by Gasteiger charge is -2.26. The van der Waals surface area contributed by atoms with Crippen LogP contribution < -0.4 is 9.64 Å². The third kappa shape index (κ3) is 5.08. The monoisotopic (exact) mass is 464 g/mol. The number of carbonyl (C=O) groups excluding carboxylic acids is 1. The Hall–Kier alpha value is -2.80. The maximum Gasteiger partial charge on any atom is 0.237 e. The predicted octanol–water partition coefficient (Wildman–Crippen LogP) is 5.91. The summed E-state index contributed by atoms with van der Waals surface area (Å²) in [6, 6.07) is 16.3. The average molecular weight is 465 g/mol. The summed E-state index contributed by atoms with van der Waals surface area (Å²) in [5.41, 5.74) is 3.00. The van der Waals surface area contributed by atoms with Crippen molar-refractivity contribution in [3.8, 4) is 17.1 Å². The van der Waals surface area contributed by atoms with E-state index in [0.717, 1.165) is 46.4 Å². The van der Waals surface area contributed by atoms with Gasteiger partial charge < -0.3 is 9.64 Å². The SMILES string of the molecule is CCN(C(=O)CSc1nnc(-c2ccccc2OC)n1C1CCCCC1)c1ccccc1C. The van der Waals surface area contributed by atoms with Crippen molar-refractivity contribution in [1.82, 2.24) is 14.8 Å². The first-order valence-corrected chi connectivity index (χ1v) is 12.7. The Morgan fingerprint density at radius 1 is 1.09 bits per heavy atom. The van der Waals surface area contributed by atoms with E-state index in [1.54, 1.807) is 7.11 Å². The van der Waals surface area contributed by atoms with Gasteiger partial charge in [-0.05, 0) is 50.5 Å². The zero-order valence-corrected chi connectivity index (χ0v) is 20.5. The summed E-state index contributed by atoms with van der Waals surface area (Å²) >= 11 is 1.48. The molecule has 7 heteroatoms. The fourth-order valence-electron chi connectivity index (χ4n) is 4.61. The molecule has 1 fully saturated rings. The number of benzene rings is 2. The number of anilines is 1. The van der Waals surface area contributed by atoms with Crippen LogP contribution in [-0.4, -0.2) is 40.1 Å². The highest BCUT2D eigenvalue weighted by molar-refractivity contribution is 7.99. The van der Waals surface area contributed by atoms with E-state index >= 15 is 0 Å². The number of hydrogen-bond donors (Lipinski definition) is 0. The van der Waals surface area contributed by atoms with Gasteiger partial charge in [-0.15, -0.1) is 10.2 Å². The van der Waals surface area contributed by atoms with E-state index in [2.05, 4.69) is 14.8 Å². The highest BCUT2D eigenvalue weighted by Gasteiger charge is 2.26. The smallest absolute Gasteiger partial charge is 0.237 e. The second-order valence-electron chi connectivity index (χ2n) is 8.38. The number of methoxy groups -OCH3 is 1. The Morgan fingerprint density at radius 2 is 1.82 bits per heavy atom. The number of amides is 1. The fourth-order valence-corrected chi connectivity index (χ4v) is 5.49. The molecular weight excluding hydrogens is 432 g/mol. The van der Waals surface area contributed by atoms with Crippen LogP contribution in [0.15, 0.2) is 53.7 Å². The second kappa shape index (κ2) is 10.9. The number of para-hydroxylation sites is 2. The first kappa shape index (κ1) is 23.4. The molecule has 0 spiro atoms. The molecule has 0 atom stereocenters. The molecule has 0 unspecified atom stereocenters. The van der Waals surface area contributed by atoms with Crippen molar-refractivity contribution in [3.63, 3.8) is 0 Å². The van der Waals surface area contributed by atoms with Crippen molar-refractivity contribution < 1.29 is 9.53 Å². The van der Waals surface area contributed by atoms with Crippen LogP contribution in [0.2, 0.25) is 0 Å². The van der Waals surface area contributed by atoms with Crippen LogP contribution in [0.25, 0.3) is 11.4 Å². The van der Waals surface area contributed by atoms with E-state index in [0.29, 0.717) is 18.3 Å². The number of aryl methyl sites for hydroxylation is 1. The summed E-state index contributed by atoms with van der Waals surface area (Å²) in [6.45, 7) is 4.68. The summed E-state index contributed by atoms with van der Waals surface area (Å²) in [4.78, 5) is 15.0. The summed E-state index contributed by atoms with van der Waals surface area (Å²) in [7, 11) is 1.68. The first-order valence-electron chi connectivity index (χ1n) is 11.7. The van der Waals surface area contributed by atoms with E-state index in [-0.39, 0.29) is 5.91 Å². The van der Waals surface area contributed by atoms with Crippen molar-refractivity contribution in [2.75, 3.05) is 24.3 Å². The minimum Gasteiger partial charge on any atom is -0.496 e. The van der Waals surface area contributed by atoms with Crippen molar-refractivity contribution >= 4 is 23.4 Å². The minimum atomic E-state index is 0.0776. The summed E-state index contributed by atoms with van der Waals surface area (Å²) in [6.07, 6.45) is 5.88. The lowest BCUT2D eigenvalue weighted by atomic mass is 9.95. The molecular formula is C26H32N4O2S. The normalized spacial score (nSPS) is 14.3. The molecule has 0 N–H and O–H groups in total. The van der Waals surface area contributed by atoms with E-state index in [4.69, 9.17) is 4.74 Å². The average Bonchev–Trinajstić information content (AvgIpc) is 3.28. The third-order valence-electron chi connectivity index (χ3n) is 6.30. The van der Waals surface area contributed by atoms with Gasteiger partial charge >= 0.3 is 0 Å². The molecule has 1 aliphatic rings. The summed E-state index contributed by atoms with van der Waals surface area (Å²) in [5, 5.41) is 9.92. The highest BCUT2D eigenvalue weighted by Crippen LogP contribution is 2.38. The largest absolute Gasteiger partial charge is 0.496 e. The van der Waals surface area contributed by atoms with Gasteiger partial charge in [0.1, 0.15) is 5.75 Å². The Bertz CT molecular complexity index is 1090.